The van der Waals surface area contributed by atoms with Crippen LogP contribution in [0.15, 0.2) is 6.07 Å². The molecular weight excluding hydrogens is 244 g/mol. The van der Waals surface area contributed by atoms with Gasteiger partial charge in [-0.3, -0.25) is 0 Å². The number of aryl methyl sites for hydroxylation is 1. The molecule has 0 aliphatic carbocycles. The third-order valence-electron chi connectivity index (χ3n) is 3.43. The summed E-state index contributed by atoms with van der Waals surface area (Å²) in [6.45, 7) is 3.65. The SMILES string of the molecule is CNc1cc(N(C)CC2(O)CCOCC2)nc(C)n1. The van der Waals surface area contributed by atoms with Gasteiger partial charge in [-0.15, -0.1) is 0 Å². The van der Waals surface area contributed by atoms with E-state index in [0.29, 0.717) is 38.4 Å². The van der Waals surface area contributed by atoms with Crippen molar-refractivity contribution in [3.05, 3.63) is 11.9 Å². The predicted octanol–water partition coefficient (Wildman–Crippen LogP) is 0.804. The fourth-order valence-corrected chi connectivity index (χ4v) is 2.31. The highest BCUT2D eigenvalue weighted by Gasteiger charge is 2.31. The summed E-state index contributed by atoms with van der Waals surface area (Å²) in [5.74, 6) is 2.32. The molecule has 1 aliphatic heterocycles. The van der Waals surface area contributed by atoms with E-state index in [1.54, 1.807) is 0 Å². The van der Waals surface area contributed by atoms with Crippen molar-refractivity contribution in [2.24, 2.45) is 0 Å². The molecule has 1 aromatic rings. The second kappa shape index (κ2) is 5.71. The van der Waals surface area contributed by atoms with E-state index in [0.717, 1.165) is 11.6 Å². The van der Waals surface area contributed by atoms with Crippen LogP contribution in [0.3, 0.4) is 0 Å². The number of likely N-dealkylation sites (N-methyl/N-ethyl adjacent to an activating group) is 1. The van der Waals surface area contributed by atoms with Crippen LogP contribution in [-0.2, 0) is 4.74 Å². The molecule has 6 nitrogen and oxygen atoms in total. The molecule has 2 rings (SSSR count). The quantitative estimate of drug-likeness (QED) is 0.840. The number of hydrogen-bond acceptors (Lipinski definition) is 6. The van der Waals surface area contributed by atoms with Crippen molar-refractivity contribution in [2.75, 3.05) is 44.1 Å². The van der Waals surface area contributed by atoms with Gasteiger partial charge in [0.15, 0.2) is 0 Å². The van der Waals surface area contributed by atoms with Gasteiger partial charge in [-0.05, 0) is 6.92 Å². The van der Waals surface area contributed by atoms with Crippen molar-refractivity contribution in [3.8, 4) is 0 Å². The van der Waals surface area contributed by atoms with E-state index in [4.69, 9.17) is 4.74 Å². The Labute approximate surface area is 113 Å². The van der Waals surface area contributed by atoms with Crippen LogP contribution in [0, 0.1) is 6.92 Å². The number of aromatic nitrogens is 2. The van der Waals surface area contributed by atoms with Gasteiger partial charge >= 0.3 is 0 Å². The summed E-state index contributed by atoms with van der Waals surface area (Å²) in [6.07, 6.45) is 1.33. The molecule has 19 heavy (non-hydrogen) atoms. The fourth-order valence-electron chi connectivity index (χ4n) is 2.31. The largest absolute Gasteiger partial charge is 0.388 e. The molecule has 6 heteroatoms. The molecule has 1 fully saturated rings. The molecular formula is C13H22N4O2. The Hall–Kier alpha value is -1.40. The van der Waals surface area contributed by atoms with Crippen LogP contribution in [0.5, 0.6) is 0 Å². The maximum atomic E-state index is 10.5. The molecule has 0 saturated carbocycles. The Balaban J connectivity index is 2.10. The zero-order chi connectivity index (χ0) is 13.9. The monoisotopic (exact) mass is 266 g/mol. The highest BCUT2D eigenvalue weighted by Crippen LogP contribution is 2.24. The average Bonchev–Trinajstić information content (AvgIpc) is 2.38. The maximum Gasteiger partial charge on any atom is 0.134 e. The molecule has 0 radical (unpaired) electrons. The van der Waals surface area contributed by atoms with Crippen molar-refractivity contribution in [3.63, 3.8) is 0 Å². The minimum absolute atomic E-state index is 0.552. The first kappa shape index (κ1) is 14.0. The summed E-state index contributed by atoms with van der Waals surface area (Å²) in [5, 5.41) is 13.5. The normalized spacial score (nSPS) is 18.1. The minimum atomic E-state index is -0.689. The lowest BCUT2D eigenvalue weighted by Gasteiger charge is -2.35. The van der Waals surface area contributed by atoms with Gasteiger partial charge < -0.3 is 20.1 Å². The summed E-state index contributed by atoms with van der Waals surface area (Å²) in [5.41, 5.74) is -0.689. The lowest BCUT2D eigenvalue weighted by molar-refractivity contribution is -0.0573. The third-order valence-corrected chi connectivity index (χ3v) is 3.43. The summed E-state index contributed by atoms with van der Waals surface area (Å²) in [7, 11) is 3.77. The Morgan fingerprint density at radius 1 is 1.42 bits per heavy atom. The predicted molar refractivity (Wildman–Crippen MR) is 74.6 cm³/mol. The third kappa shape index (κ3) is 3.54. The van der Waals surface area contributed by atoms with Crippen LogP contribution in [0.4, 0.5) is 11.6 Å². The van der Waals surface area contributed by atoms with Crippen molar-refractivity contribution >= 4 is 11.6 Å². The van der Waals surface area contributed by atoms with Gasteiger partial charge in [-0.1, -0.05) is 0 Å². The van der Waals surface area contributed by atoms with Crippen molar-refractivity contribution < 1.29 is 9.84 Å². The topological polar surface area (TPSA) is 70.5 Å². The van der Waals surface area contributed by atoms with Gasteiger partial charge in [0.05, 0.1) is 5.60 Å². The van der Waals surface area contributed by atoms with E-state index in [-0.39, 0.29) is 0 Å². The van der Waals surface area contributed by atoms with Gasteiger partial charge in [0.2, 0.25) is 0 Å². The molecule has 0 spiro atoms. The molecule has 1 aromatic heterocycles. The summed E-state index contributed by atoms with van der Waals surface area (Å²) in [6, 6.07) is 1.88. The molecule has 0 unspecified atom stereocenters. The number of nitrogens with one attached hydrogen (secondary N) is 1. The van der Waals surface area contributed by atoms with E-state index in [9.17, 15) is 5.11 Å². The smallest absolute Gasteiger partial charge is 0.134 e. The molecule has 0 aromatic carbocycles. The maximum absolute atomic E-state index is 10.5. The zero-order valence-electron chi connectivity index (χ0n) is 11.8. The van der Waals surface area contributed by atoms with Crippen LogP contribution in [0.2, 0.25) is 0 Å². The van der Waals surface area contributed by atoms with E-state index in [2.05, 4.69) is 15.3 Å². The van der Waals surface area contributed by atoms with Gasteiger partial charge in [0.25, 0.3) is 0 Å². The van der Waals surface area contributed by atoms with E-state index in [1.807, 2.05) is 32.0 Å². The summed E-state index contributed by atoms with van der Waals surface area (Å²) < 4.78 is 5.29. The Morgan fingerprint density at radius 3 is 2.74 bits per heavy atom. The number of ether oxygens (including phenoxy) is 1. The summed E-state index contributed by atoms with van der Waals surface area (Å²) >= 11 is 0. The summed E-state index contributed by atoms with van der Waals surface area (Å²) in [4.78, 5) is 10.7. The Bertz CT molecular complexity index is 433. The molecule has 1 aliphatic rings. The Morgan fingerprint density at radius 2 is 2.11 bits per heavy atom. The highest BCUT2D eigenvalue weighted by molar-refractivity contribution is 5.48. The van der Waals surface area contributed by atoms with Gasteiger partial charge in [-0.25, -0.2) is 9.97 Å². The first-order valence-electron chi connectivity index (χ1n) is 6.57. The lowest BCUT2D eigenvalue weighted by Crippen LogP contribution is -2.46. The number of rotatable bonds is 4. The molecule has 0 amide bonds. The zero-order valence-corrected chi connectivity index (χ0v) is 11.8. The number of nitrogens with zero attached hydrogens (tertiary/aromatic N) is 3. The average molecular weight is 266 g/mol. The van der Waals surface area contributed by atoms with Crippen LogP contribution in [-0.4, -0.2) is 54.5 Å². The van der Waals surface area contributed by atoms with Crippen LogP contribution in [0.1, 0.15) is 18.7 Å². The first-order chi connectivity index (χ1) is 9.02. The van der Waals surface area contributed by atoms with Crippen LogP contribution >= 0.6 is 0 Å². The van der Waals surface area contributed by atoms with E-state index in [1.165, 1.54) is 0 Å². The number of aliphatic hydroxyl groups is 1. The lowest BCUT2D eigenvalue weighted by atomic mass is 9.94. The second-order valence-corrected chi connectivity index (χ2v) is 5.10. The first-order valence-corrected chi connectivity index (χ1v) is 6.57. The van der Waals surface area contributed by atoms with E-state index >= 15 is 0 Å². The number of anilines is 2. The molecule has 106 valence electrons. The van der Waals surface area contributed by atoms with Crippen molar-refractivity contribution in [1.29, 1.82) is 0 Å². The molecule has 1 saturated heterocycles. The molecule has 2 heterocycles. The molecule has 0 atom stereocenters. The minimum Gasteiger partial charge on any atom is -0.388 e. The van der Waals surface area contributed by atoms with E-state index < -0.39 is 5.60 Å². The van der Waals surface area contributed by atoms with Gasteiger partial charge in [0, 0.05) is 52.8 Å². The van der Waals surface area contributed by atoms with Crippen LogP contribution in [0.25, 0.3) is 0 Å². The van der Waals surface area contributed by atoms with Gasteiger partial charge in [0.1, 0.15) is 17.5 Å². The standard InChI is InChI=1S/C13H22N4O2/c1-10-15-11(14-2)8-12(16-10)17(3)9-13(18)4-6-19-7-5-13/h8,18H,4-7,9H2,1-3H3,(H,14,15,16). The second-order valence-electron chi connectivity index (χ2n) is 5.10. The molecule has 0 bridgehead atoms. The fraction of sp³-hybridized carbons (Fsp3) is 0.692. The molecule has 2 N–H and O–H groups in total. The highest BCUT2D eigenvalue weighted by atomic mass is 16.5. The number of hydrogen-bond donors (Lipinski definition) is 2. The Kier molecular flexibility index (Phi) is 4.21. The van der Waals surface area contributed by atoms with Gasteiger partial charge in [-0.2, -0.15) is 0 Å². The van der Waals surface area contributed by atoms with Crippen molar-refractivity contribution in [1.82, 2.24) is 9.97 Å². The van der Waals surface area contributed by atoms with Crippen LogP contribution < -0.4 is 10.2 Å². The van der Waals surface area contributed by atoms with Crippen molar-refractivity contribution in [2.45, 2.75) is 25.4 Å².